The smallest absolute Gasteiger partial charge is 0.254 e. The van der Waals surface area contributed by atoms with Crippen LogP contribution in [-0.4, -0.2) is 44.1 Å². The zero-order valence-corrected chi connectivity index (χ0v) is 16.6. The van der Waals surface area contributed by atoms with Gasteiger partial charge in [0, 0.05) is 43.2 Å². The van der Waals surface area contributed by atoms with E-state index < -0.39 is 0 Å². The molecule has 0 radical (unpaired) electrons. The monoisotopic (exact) mass is 391 g/mol. The molecule has 1 aliphatic carbocycles. The lowest BCUT2D eigenvalue weighted by Crippen LogP contribution is -2.32. The van der Waals surface area contributed by atoms with Gasteiger partial charge in [-0.2, -0.15) is 0 Å². The minimum Gasteiger partial charge on any atom is -0.489 e. The summed E-state index contributed by atoms with van der Waals surface area (Å²) in [4.78, 5) is 25.6. The first-order valence-corrected chi connectivity index (χ1v) is 10.2. The summed E-state index contributed by atoms with van der Waals surface area (Å²) < 4.78 is 6.12. The van der Waals surface area contributed by atoms with Crippen molar-refractivity contribution in [2.45, 2.75) is 25.0 Å². The van der Waals surface area contributed by atoms with E-state index in [1.54, 1.807) is 13.1 Å². The molecule has 6 nitrogen and oxygen atoms in total. The lowest BCUT2D eigenvalue weighted by molar-refractivity contribution is 0.0946. The molecule has 0 bridgehead atoms. The molecule has 2 aromatic rings. The standard InChI is InChI=1S/C23H25N3O3/c1-12-19(13-6-4-3-5-7-13)15-8-14(9-16(21(15)29-12)23(28)24-2)22(27)26-20-17-10-25-11-18(17)20/h3-9,12,17-20,25H,10-11H2,1-2H3,(H,24,28)(H,26,27)/t12-,17-,18+,19+,20+/m1/s1. The van der Waals surface area contributed by atoms with Crippen LogP contribution in [0.3, 0.4) is 0 Å². The Hall–Kier alpha value is -2.86. The molecule has 2 aliphatic heterocycles. The van der Waals surface area contributed by atoms with Crippen LogP contribution >= 0.6 is 0 Å². The van der Waals surface area contributed by atoms with Crippen LogP contribution in [0.5, 0.6) is 5.75 Å². The largest absolute Gasteiger partial charge is 0.489 e. The fraction of sp³-hybridized carbons (Fsp3) is 0.391. The molecule has 29 heavy (non-hydrogen) atoms. The van der Waals surface area contributed by atoms with Crippen molar-refractivity contribution in [3.8, 4) is 5.75 Å². The van der Waals surface area contributed by atoms with Crippen molar-refractivity contribution in [2.24, 2.45) is 11.8 Å². The highest BCUT2D eigenvalue weighted by Crippen LogP contribution is 2.45. The first kappa shape index (κ1) is 18.2. The van der Waals surface area contributed by atoms with Crippen LogP contribution < -0.4 is 20.7 Å². The molecule has 1 saturated heterocycles. The van der Waals surface area contributed by atoms with Crippen molar-refractivity contribution in [3.05, 3.63) is 64.7 Å². The summed E-state index contributed by atoms with van der Waals surface area (Å²) in [6.45, 7) is 3.93. The summed E-state index contributed by atoms with van der Waals surface area (Å²) in [5.74, 6) is 1.26. The molecule has 5 rings (SSSR count). The third-order valence-corrected chi connectivity index (χ3v) is 6.51. The van der Waals surface area contributed by atoms with Gasteiger partial charge in [0.15, 0.2) is 0 Å². The third kappa shape index (κ3) is 2.99. The Morgan fingerprint density at radius 3 is 2.48 bits per heavy atom. The number of hydrogen-bond donors (Lipinski definition) is 3. The number of hydrogen-bond acceptors (Lipinski definition) is 4. The Bertz CT molecular complexity index is 965. The predicted molar refractivity (Wildman–Crippen MR) is 109 cm³/mol. The van der Waals surface area contributed by atoms with Crippen molar-refractivity contribution in [2.75, 3.05) is 20.1 Å². The number of amides is 2. The van der Waals surface area contributed by atoms with Crippen molar-refractivity contribution in [3.63, 3.8) is 0 Å². The Morgan fingerprint density at radius 2 is 1.79 bits per heavy atom. The zero-order valence-electron chi connectivity index (χ0n) is 16.6. The van der Waals surface area contributed by atoms with Gasteiger partial charge >= 0.3 is 0 Å². The van der Waals surface area contributed by atoms with E-state index in [1.807, 2.05) is 31.2 Å². The summed E-state index contributed by atoms with van der Waals surface area (Å²) in [5.41, 5.74) is 2.94. The number of nitrogens with one attached hydrogen (secondary N) is 3. The van der Waals surface area contributed by atoms with E-state index in [1.165, 1.54) is 0 Å². The van der Waals surface area contributed by atoms with Crippen LogP contribution in [0.4, 0.5) is 0 Å². The number of carbonyl (C=O) groups excluding carboxylic acids is 2. The maximum absolute atomic E-state index is 13.0. The van der Waals surface area contributed by atoms with Crippen molar-refractivity contribution < 1.29 is 14.3 Å². The maximum atomic E-state index is 13.0. The Kier molecular flexibility index (Phi) is 4.32. The summed E-state index contributed by atoms with van der Waals surface area (Å²) in [7, 11) is 1.59. The Balaban J connectivity index is 1.53. The van der Waals surface area contributed by atoms with Crippen LogP contribution in [0, 0.1) is 11.8 Å². The van der Waals surface area contributed by atoms with Crippen LogP contribution in [0.25, 0.3) is 0 Å². The van der Waals surface area contributed by atoms with Gasteiger partial charge in [-0.05, 0) is 36.5 Å². The van der Waals surface area contributed by atoms with Gasteiger partial charge in [-0.25, -0.2) is 0 Å². The number of piperidine rings is 1. The topological polar surface area (TPSA) is 79.5 Å². The third-order valence-electron chi connectivity index (χ3n) is 6.51. The van der Waals surface area contributed by atoms with Crippen molar-refractivity contribution in [1.29, 1.82) is 0 Å². The van der Waals surface area contributed by atoms with E-state index in [0.717, 1.165) is 24.2 Å². The average molecular weight is 391 g/mol. The second-order valence-electron chi connectivity index (χ2n) is 8.22. The highest BCUT2D eigenvalue weighted by atomic mass is 16.5. The fourth-order valence-electron chi connectivity index (χ4n) is 4.93. The summed E-state index contributed by atoms with van der Waals surface area (Å²) in [6.07, 6.45) is -0.122. The quantitative estimate of drug-likeness (QED) is 0.744. The number of fused-ring (bicyclic) bond motifs is 2. The number of rotatable bonds is 4. The predicted octanol–water partition coefficient (Wildman–Crippen LogP) is 1.91. The van der Waals surface area contributed by atoms with Gasteiger partial charge in [0.1, 0.15) is 11.9 Å². The molecule has 6 heteroatoms. The van der Waals surface area contributed by atoms with Crippen LogP contribution in [0.1, 0.15) is 44.7 Å². The minimum absolute atomic E-state index is 0.0214. The number of ether oxygens (including phenoxy) is 1. The van der Waals surface area contributed by atoms with Crippen LogP contribution in [0.2, 0.25) is 0 Å². The van der Waals surface area contributed by atoms with E-state index >= 15 is 0 Å². The summed E-state index contributed by atoms with van der Waals surface area (Å²) in [5, 5.41) is 9.17. The van der Waals surface area contributed by atoms with Gasteiger partial charge in [0.05, 0.1) is 5.56 Å². The van der Waals surface area contributed by atoms with Gasteiger partial charge in [-0.3, -0.25) is 9.59 Å². The van der Waals surface area contributed by atoms with Crippen LogP contribution in [0.15, 0.2) is 42.5 Å². The molecule has 3 N–H and O–H groups in total. The van der Waals surface area contributed by atoms with Gasteiger partial charge < -0.3 is 20.7 Å². The van der Waals surface area contributed by atoms with Gasteiger partial charge in [-0.1, -0.05) is 30.3 Å². The van der Waals surface area contributed by atoms with Gasteiger partial charge in [0.25, 0.3) is 11.8 Å². The molecule has 2 heterocycles. The van der Waals surface area contributed by atoms with Crippen molar-refractivity contribution in [1.82, 2.24) is 16.0 Å². The van der Waals surface area contributed by atoms with Gasteiger partial charge in [0.2, 0.25) is 0 Å². The second kappa shape index (κ2) is 6.88. The van der Waals surface area contributed by atoms with E-state index in [9.17, 15) is 9.59 Å². The Labute approximate surface area is 170 Å². The molecule has 0 aromatic heterocycles. The molecule has 0 spiro atoms. The second-order valence-corrected chi connectivity index (χ2v) is 8.22. The lowest BCUT2D eigenvalue weighted by Gasteiger charge is -2.15. The SMILES string of the molecule is CNC(=O)c1cc(C(=O)N[C@H]2[C@@H]3CNC[C@@H]32)cc2c1O[C@H](C)[C@H]2c1ccccc1. The normalized spacial score (nSPS) is 28.8. The molecular weight excluding hydrogens is 366 g/mol. The molecular formula is C23H25N3O3. The number of carbonyl (C=O) groups is 2. The zero-order chi connectivity index (χ0) is 20.1. The first-order chi connectivity index (χ1) is 14.1. The molecule has 2 fully saturated rings. The van der Waals surface area contributed by atoms with E-state index in [-0.39, 0.29) is 29.9 Å². The molecule has 1 saturated carbocycles. The molecule has 150 valence electrons. The summed E-state index contributed by atoms with van der Waals surface area (Å²) in [6, 6.07) is 13.9. The first-order valence-electron chi connectivity index (χ1n) is 10.2. The highest BCUT2D eigenvalue weighted by molar-refractivity contribution is 6.02. The summed E-state index contributed by atoms with van der Waals surface area (Å²) >= 11 is 0. The molecule has 0 unspecified atom stereocenters. The van der Waals surface area contributed by atoms with Crippen molar-refractivity contribution >= 4 is 11.8 Å². The molecule has 3 aliphatic rings. The van der Waals surface area contributed by atoms with Gasteiger partial charge in [-0.15, -0.1) is 0 Å². The maximum Gasteiger partial charge on any atom is 0.254 e. The Morgan fingerprint density at radius 1 is 1.07 bits per heavy atom. The minimum atomic E-state index is -0.246. The molecule has 5 atom stereocenters. The van der Waals surface area contributed by atoms with Crippen LogP contribution in [-0.2, 0) is 0 Å². The van der Waals surface area contributed by atoms with E-state index in [4.69, 9.17) is 4.74 Å². The van der Waals surface area contributed by atoms with E-state index in [2.05, 4.69) is 28.1 Å². The number of benzene rings is 2. The molecule has 2 aromatic carbocycles. The fourth-order valence-corrected chi connectivity index (χ4v) is 4.93. The average Bonchev–Trinajstić information content (AvgIpc) is 3.08. The lowest BCUT2D eigenvalue weighted by atomic mass is 9.87. The highest BCUT2D eigenvalue weighted by Gasteiger charge is 2.53. The van der Waals surface area contributed by atoms with E-state index in [0.29, 0.717) is 28.7 Å². The molecule has 2 amide bonds.